The summed E-state index contributed by atoms with van der Waals surface area (Å²) >= 11 is 6.14. The second-order valence-corrected chi connectivity index (χ2v) is 6.23. The minimum absolute atomic E-state index is 0.167. The summed E-state index contributed by atoms with van der Waals surface area (Å²) in [5.74, 6) is 1.06. The van der Waals surface area contributed by atoms with Gasteiger partial charge < -0.3 is 20.8 Å². The Morgan fingerprint density at radius 2 is 2.18 bits per heavy atom. The quantitative estimate of drug-likeness (QED) is 0.759. The number of anilines is 1. The highest BCUT2D eigenvalue weighted by atomic mass is 35.5. The fourth-order valence-corrected chi connectivity index (χ4v) is 3.11. The largest absolute Gasteiger partial charge is 0.460 e. The molecule has 4 N–H and O–H groups in total. The zero-order valence-electron chi connectivity index (χ0n) is 12.5. The first-order valence-corrected chi connectivity index (χ1v) is 7.91. The van der Waals surface area contributed by atoms with Crippen LogP contribution in [0, 0.1) is 12.8 Å². The molecule has 1 aliphatic heterocycles. The van der Waals surface area contributed by atoms with Crippen LogP contribution >= 0.6 is 11.6 Å². The van der Waals surface area contributed by atoms with Crippen LogP contribution in [-0.4, -0.2) is 25.5 Å². The van der Waals surface area contributed by atoms with Gasteiger partial charge in [0, 0.05) is 11.9 Å². The number of piperidine rings is 1. The molecule has 118 valence electrons. The van der Waals surface area contributed by atoms with E-state index in [9.17, 15) is 4.79 Å². The molecule has 0 atom stereocenters. The van der Waals surface area contributed by atoms with E-state index < -0.39 is 0 Å². The lowest BCUT2D eigenvalue weighted by Gasteiger charge is -2.22. The summed E-state index contributed by atoms with van der Waals surface area (Å²) in [5, 5.41) is 7.37. The summed E-state index contributed by atoms with van der Waals surface area (Å²) in [6.45, 7) is 4.51. The van der Waals surface area contributed by atoms with Gasteiger partial charge in [0.05, 0.1) is 16.3 Å². The van der Waals surface area contributed by atoms with Crippen LogP contribution in [-0.2, 0) is 0 Å². The highest BCUT2D eigenvalue weighted by Gasteiger charge is 2.20. The number of aryl methyl sites for hydroxylation is 1. The van der Waals surface area contributed by atoms with Crippen molar-refractivity contribution < 1.29 is 9.21 Å². The van der Waals surface area contributed by atoms with Crippen LogP contribution in [0.4, 0.5) is 5.69 Å². The third-order valence-electron chi connectivity index (χ3n) is 4.17. The van der Waals surface area contributed by atoms with E-state index in [-0.39, 0.29) is 5.91 Å². The molecule has 22 heavy (non-hydrogen) atoms. The minimum Gasteiger partial charge on any atom is -0.460 e. The van der Waals surface area contributed by atoms with Crippen LogP contribution in [0.5, 0.6) is 0 Å². The maximum absolute atomic E-state index is 12.5. The monoisotopic (exact) mass is 321 g/mol. The van der Waals surface area contributed by atoms with E-state index in [0.717, 1.165) is 25.9 Å². The Bertz CT molecular complexity index is 705. The molecule has 0 bridgehead atoms. The number of nitrogens with one attached hydrogen (secondary N) is 2. The molecule has 0 saturated carbocycles. The molecule has 0 spiro atoms. The summed E-state index contributed by atoms with van der Waals surface area (Å²) in [7, 11) is 0. The number of carbonyl (C=O) groups excluding carboxylic acids is 1. The molecule has 2 heterocycles. The summed E-state index contributed by atoms with van der Waals surface area (Å²) < 4.78 is 5.64. The van der Waals surface area contributed by atoms with Crippen molar-refractivity contribution in [1.29, 1.82) is 0 Å². The average molecular weight is 322 g/mol. The van der Waals surface area contributed by atoms with Gasteiger partial charge in [0.1, 0.15) is 11.3 Å². The van der Waals surface area contributed by atoms with E-state index in [0.29, 0.717) is 45.5 Å². The first kappa shape index (κ1) is 15.2. The Balaban J connectivity index is 1.82. The van der Waals surface area contributed by atoms with Crippen LogP contribution in [0.3, 0.4) is 0 Å². The number of carbonyl (C=O) groups is 1. The van der Waals surface area contributed by atoms with Gasteiger partial charge in [-0.2, -0.15) is 0 Å². The van der Waals surface area contributed by atoms with Crippen molar-refractivity contribution in [3.05, 3.63) is 28.5 Å². The van der Waals surface area contributed by atoms with E-state index in [1.54, 1.807) is 12.1 Å². The van der Waals surface area contributed by atoms with Gasteiger partial charge >= 0.3 is 0 Å². The van der Waals surface area contributed by atoms with Crippen molar-refractivity contribution in [3.63, 3.8) is 0 Å². The number of benzene rings is 1. The summed E-state index contributed by atoms with van der Waals surface area (Å²) in [6.07, 6.45) is 2.16. The number of rotatable bonds is 3. The van der Waals surface area contributed by atoms with Gasteiger partial charge in [-0.15, -0.1) is 0 Å². The Morgan fingerprint density at radius 3 is 2.91 bits per heavy atom. The van der Waals surface area contributed by atoms with Crippen LogP contribution in [0.15, 0.2) is 16.5 Å². The molecule has 1 aliphatic rings. The van der Waals surface area contributed by atoms with Gasteiger partial charge in [0.15, 0.2) is 0 Å². The van der Waals surface area contributed by atoms with Crippen molar-refractivity contribution in [2.24, 2.45) is 5.92 Å². The Morgan fingerprint density at radius 1 is 1.45 bits per heavy atom. The summed E-state index contributed by atoms with van der Waals surface area (Å²) in [6, 6.07) is 3.39. The van der Waals surface area contributed by atoms with Gasteiger partial charge in [-0.3, -0.25) is 4.79 Å². The molecule has 3 rings (SSSR count). The fourth-order valence-electron chi connectivity index (χ4n) is 2.90. The highest BCUT2D eigenvalue weighted by molar-refractivity contribution is 6.35. The normalized spacial score (nSPS) is 16.1. The SMILES string of the molecule is Cc1cc2c(N)c(Cl)cc(C(=O)NCC3CCNCC3)c2o1. The third kappa shape index (κ3) is 2.91. The standard InChI is InChI=1S/C16H20ClN3O2/c1-9-6-11-14(18)13(17)7-12(15(11)22-9)16(21)20-8-10-2-4-19-5-3-10/h6-7,10,19H,2-5,8,18H2,1H3,(H,20,21). The molecule has 2 aromatic rings. The maximum atomic E-state index is 12.5. The number of hydrogen-bond acceptors (Lipinski definition) is 4. The lowest BCUT2D eigenvalue weighted by Crippen LogP contribution is -2.36. The number of hydrogen-bond donors (Lipinski definition) is 3. The molecule has 0 aliphatic carbocycles. The molecule has 1 amide bonds. The molecule has 1 aromatic carbocycles. The van der Waals surface area contributed by atoms with E-state index >= 15 is 0 Å². The van der Waals surface area contributed by atoms with Crippen LogP contribution in [0.1, 0.15) is 29.0 Å². The van der Waals surface area contributed by atoms with Crippen molar-refractivity contribution in [3.8, 4) is 0 Å². The molecular formula is C16H20ClN3O2. The van der Waals surface area contributed by atoms with Crippen molar-refractivity contribution in [2.45, 2.75) is 19.8 Å². The number of nitrogens with two attached hydrogens (primary N) is 1. The number of halogens is 1. The third-order valence-corrected chi connectivity index (χ3v) is 4.49. The second-order valence-electron chi connectivity index (χ2n) is 5.82. The fraction of sp³-hybridized carbons (Fsp3) is 0.438. The molecule has 0 unspecified atom stereocenters. The molecular weight excluding hydrogens is 302 g/mol. The second kappa shape index (κ2) is 6.18. The van der Waals surface area contributed by atoms with Crippen LogP contribution < -0.4 is 16.4 Å². The zero-order chi connectivity index (χ0) is 15.7. The average Bonchev–Trinajstić information content (AvgIpc) is 2.91. The predicted molar refractivity (Wildman–Crippen MR) is 88.3 cm³/mol. The van der Waals surface area contributed by atoms with Crippen molar-refractivity contribution in [1.82, 2.24) is 10.6 Å². The Hall–Kier alpha value is -1.72. The Labute approximate surface area is 134 Å². The highest BCUT2D eigenvalue weighted by Crippen LogP contribution is 2.33. The number of amides is 1. The molecule has 5 nitrogen and oxygen atoms in total. The molecule has 6 heteroatoms. The van der Waals surface area contributed by atoms with Crippen molar-refractivity contribution >= 4 is 34.2 Å². The summed E-state index contributed by atoms with van der Waals surface area (Å²) in [4.78, 5) is 12.5. The maximum Gasteiger partial charge on any atom is 0.255 e. The first-order chi connectivity index (χ1) is 10.6. The van der Waals surface area contributed by atoms with Crippen LogP contribution in [0.25, 0.3) is 11.0 Å². The number of nitrogen functional groups attached to an aromatic ring is 1. The van der Waals surface area contributed by atoms with Crippen LogP contribution in [0.2, 0.25) is 5.02 Å². The lowest BCUT2D eigenvalue weighted by molar-refractivity contribution is 0.0945. The van der Waals surface area contributed by atoms with E-state index in [4.69, 9.17) is 21.8 Å². The number of fused-ring (bicyclic) bond motifs is 1. The van der Waals surface area contributed by atoms with Gasteiger partial charge in [0.2, 0.25) is 0 Å². The van der Waals surface area contributed by atoms with Gasteiger partial charge in [-0.1, -0.05) is 11.6 Å². The minimum atomic E-state index is -0.167. The molecule has 0 radical (unpaired) electrons. The van der Waals surface area contributed by atoms with E-state index in [1.165, 1.54) is 0 Å². The van der Waals surface area contributed by atoms with E-state index in [2.05, 4.69) is 10.6 Å². The smallest absolute Gasteiger partial charge is 0.255 e. The predicted octanol–water partition coefficient (Wildman–Crippen LogP) is 2.71. The molecule has 1 aromatic heterocycles. The van der Waals surface area contributed by atoms with Gasteiger partial charge in [-0.05, 0) is 50.9 Å². The number of furan rings is 1. The molecule has 1 saturated heterocycles. The van der Waals surface area contributed by atoms with E-state index in [1.807, 2.05) is 6.92 Å². The first-order valence-electron chi connectivity index (χ1n) is 7.53. The van der Waals surface area contributed by atoms with Gasteiger partial charge in [-0.25, -0.2) is 0 Å². The van der Waals surface area contributed by atoms with Gasteiger partial charge in [0.25, 0.3) is 5.91 Å². The lowest BCUT2D eigenvalue weighted by atomic mass is 9.98. The summed E-state index contributed by atoms with van der Waals surface area (Å²) in [5.41, 5.74) is 7.35. The Kier molecular flexibility index (Phi) is 4.27. The molecule has 1 fully saturated rings. The zero-order valence-corrected chi connectivity index (χ0v) is 13.3. The van der Waals surface area contributed by atoms with Crippen molar-refractivity contribution in [2.75, 3.05) is 25.4 Å². The topological polar surface area (TPSA) is 80.3 Å².